The Morgan fingerprint density at radius 2 is 1.95 bits per heavy atom. The number of carbonyl (C=O) groups is 2. The molecule has 2 N–H and O–H groups in total. The van der Waals surface area contributed by atoms with Crippen molar-refractivity contribution < 1.29 is 9.59 Å². The predicted octanol–water partition coefficient (Wildman–Crippen LogP) is 4.42. The number of nitrogens with zero attached hydrogens (tertiary/aromatic N) is 3. The number of allylic oxidation sites excluding steroid dienone is 1. The predicted molar refractivity (Wildman–Crippen MR) is 145 cm³/mol. The van der Waals surface area contributed by atoms with Crippen molar-refractivity contribution in [2.75, 3.05) is 17.2 Å². The summed E-state index contributed by atoms with van der Waals surface area (Å²) >= 11 is 0. The zero-order valence-corrected chi connectivity index (χ0v) is 20.8. The number of nitrogens with one attached hydrogen (secondary N) is 2. The quantitative estimate of drug-likeness (QED) is 0.315. The molecule has 7 heteroatoms. The Morgan fingerprint density at radius 3 is 2.81 bits per heavy atom. The minimum absolute atomic E-state index is 0.0670. The van der Waals surface area contributed by atoms with Gasteiger partial charge in [-0.1, -0.05) is 30.8 Å². The first-order valence-corrected chi connectivity index (χ1v) is 12.6. The summed E-state index contributed by atoms with van der Waals surface area (Å²) in [5, 5.41) is 6.38. The fourth-order valence-corrected chi connectivity index (χ4v) is 5.81. The van der Waals surface area contributed by atoms with Gasteiger partial charge in [0.2, 0.25) is 5.91 Å². The number of hydrogen-bond acceptors (Lipinski definition) is 4. The van der Waals surface area contributed by atoms with Crippen LogP contribution in [0.2, 0.25) is 0 Å². The molecule has 2 aromatic carbocycles. The number of amides is 2. The summed E-state index contributed by atoms with van der Waals surface area (Å²) in [6.07, 6.45) is 6.72. The highest BCUT2D eigenvalue weighted by Gasteiger charge is 2.50. The molecular weight excluding hydrogens is 462 g/mol. The Balaban J connectivity index is 1.19. The maximum atomic E-state index is 13.3. The average Bonchev–Trinajstić information content (AvgIpc) is 3.59. The lowest BCUT2D eigenvalue weighted by Gasteiger charge is -2.28. The summed E-state index contributed by atoms with van der Waals surface area (Å²) in [7, 11) is 0. The minimum atomic E-state index is -0.543. The number of anilines is 2. The molecule has 7 nitrogen and oxygen atoms in total. The molecule has 2 amide bonds. The van der Waals surface area contributed by atoms with Gasteiger partial charge in [0.25, 0.3) is 5.91 Å². The Bertz CT molecular complexity index is 1500. The van der Waals surface area contributed by atoms with Crippen molar-refractivity contribution in [2.45, 2.75) is 38.3 Å². The summed E-state index contributed by atoms with van der Waals surface area (Å²) in [5.74, 6) is -0.0485. The molecule has 1 aromatic heterocycles. The third-order valence-electron chi connectivity index (χ3n) is 7.59. The van der Waals surface area contributed by atoms with Gasteiger partial charge in [0, 0.05) is 48.3 Å². The molecule has 186 valence electrons. The lowest BCUT2D eigenvalue weighted by atomic mass is 9.79. The van der Waals surface area contributed by atoms with Crippen molar-refractivity contribution in [2.24, 2.45) is 4.99 Å². The third kappa shape index (κ3) is 3.96. The van der Waals surface area contributed by atoms with Gasteiger partial charge in [-0.3, -0.25) is 14.6 Å². The van der Waals surface area contributed by atoms with E-state index in [2.05, 4.69) is 45.0 Å². The molecular formula is C30H29N5O2. The van der Waals surface area contributed by atoms with Crippen LogP contribution in [0.25, 0.3) is 0 Å². The molecule has 2 aliphatic heterocycles. The Labute approximate surface area is 216 Å². The maximum absolute atomic E-state index is 13.3. The van der Waals surface area contributed by atoms with Crippen LogP contribution in [0.15, 0.2) is 89.8 Å². The number of benzene rings is 2. The standard InChI is InChI=1S/C30H29N5O2/c1-3-31-27(28(36)35-14-13-34-12-6-7-24(34)19-35)15-20(2)32-23-11-10-21-17-30(18-22(21)16-23)25-8-4-5-9-26(25)33-29(30)37/h3-12,15-16,32H,2,13-14,17-19H2,1H3,(H,33,37)/b27-15-,31-3?. The number of aliphatic imine (C=N–C) groups is 1. The summed E-state index contributed by atoms with van der Waals surface area (Å²) in [4.78, 5) is 32.5. The van der Waals surface area contributed by atoms with Crippen LogP contribution in [-0.2, 0) is 40.9 Å². The number of hydrogen-bond donors (Lipinski definition) is 2. The van der Waals surface area contributed by atoms with Gasteiger partial charge >= 0.3 is 0 Å². The fraction of sp³-hybridized carbons (Fsp3) is 0.233. The average molecular weight is 492 g/mol. The monoisotopic (exact) mass is 491 g/mol. The van der Waals surface area contributed by atoms with Crippen LogP contribution in [0.5, 0.6) is 0 Å². The summed E-state index contributed by atoms with van der Waals surface area (Å²) in [6, 6.07) is 18.2. The van der Waals surface area contributed by atoms with Gasteiger partial charge in [-0.05, 0) is 72.9 Å². The van der Waals surface area contributed by atoms with E-state index in [0.29, 0.717) is 37.3 Å². The van der Waals surface area contributed by atoms with Crippen molar-refractivity contribution in [3.63, 3.8) is 0 Å². The summed E-state index contributed by atoms with van der Waals surface area (Å²) in [5.41, 5.74) is 6.67. The highest BCUT2D eigenvalue weighted by atomic mass is 16.2. The highest BCUT2D eigenvalue weighted by molar-refractivity contribution is 6.07. The van der Waals surface area contributed by atoms with E-state index in [1.165, 1.54) is 5.56 Å². The van der Waals surface area contributed by atoms with E-state index in [0.717, 1.165) is 34.7 Å². The topological polar surface area (TPSA) is 78.7 Å². The molecule has 0 saturated carbocycles. The molecule has 0 radical (unpaired) electrons. The highest BCUT2D eigenvalue weighted by Crippen LogP contribution is 2.47. The number of para-hydroxylation sites is 1. The van der Waals surface area contributed by atoms with Crippen LogP contribution < -0.4 is 10.6 Å². The first kappa shape index (κ1) is 23.0. The van der Waals surface area contributed by atoms with Gasteiger partial charge in [-0.2, -0.15) is 0 Å². The van der Waals surface area contributed by atoms with Crippen LogP contribution in [0, 0.1) is 0 Å². The molecule has 6 rings (SSSR count). The summed E-state index contributed by atoms with van der Waals surface area (Å²) in [6.45, 7) is 7.90. The van der Waals surface area contributed by atoms with Crippen LogP contribution in [0.3, 0.4) is 0 Å². The first-order chi connectivity index (χ1) is 18.0. The fourth-order valence-electron chi connectivity index (χ4n) is 5.81. The van der Waals surface area contributed by atoms with Crippen LogP contribution in [0.4, 0.5) is 11.4 Å². The van der Waals surface area contributed by atoms with Crippen molar-refractivity contribution in [3.05, 3.63) is 107 Å². The second-order valence-electron chi connectivity index (χ2n) is 9.91. The third-order valence-corrected chi connectivity index (χ3v) is 7.59. The minimum Gasteiger partial charge on any atom is -0.356 e. The summed E-state index contributed by atoms with van der Waals surface area (Å²) < 4.78 is 2.17. The Kier molecular flexibility index (Phi) is 5.56. The van der Waals surface area contributed by atoms with E-state index >= 15 is 0 Å². The molecule has 3 heterocycles. The lowest BCUT2D eigenvalue weighted by molar-refractivity contribution is -0.128. The molecule has 1 spiro atoms. The smallest absolute Gasteiger partial charge is 0.272 e. The van der Waals surface area contributed by atoms with Gasteiger partial charge in [0.05, 0.1) is 12.0 Å². The Hall–Kier alpha value is -4.39. The number of rotatable bonds is 5. The molecule has 1 unspecified atom stereocenters. The number of aromatic nitrogens is 1. The second kappa shape index (κ2) is 8.92. The molecule has 1 atom stereocenters. The maximum Gasteiger partial charge on any atom is 0.272 e. The molecule has 1 aliphatic carbocycles. The van der Waals surface area contributed by atoms with E-state index in [1.54, 1.807) is 19.2 Å². The molecule has 0 fully saturated rings. The van der Waals surface area contributed by atoms with Crippen LogP contribution in [-0.4, -0.2) is 34.0 Å². The lowest BCUT2D eigenvalue weighted by Crippen LogP contribution is -2.38. The molecule has 0 saturated heterocycles. The molecule has 0 bridgehead atoms. The second-order valence-corrected chi connectivity index (χ2v) is 9.91. The van der Waals surface area contributed by atoms with Gasteiger partial charge in [0.15, 0.2) is 0 Å². The number of fused-ring (bicyclic) bond motifs is 4. The van der Waals surface area contributed by atoms with Gasteiger partial charge < -0.3 is 20.1 Å². The van der Waals surface area contributed by atoms with E-state index in [9.17, 15) is 9.59 Å². The number of carbonyl (C=O) groups excluding carboxylic acids is 2. The van der Waals surface area contributed by atoms with Gasteiger partial charge in [-0.25, -0.2) is 0 Å². The zero-order valence-electron chi connectivity index (χ0n) is 20.8. The van der Waals surface area contributed by atoms with E-state index in [1.807, 2.05) is 47.5 Å². The molecule has 3 aromatic rings. The molecule has 37 heavy (non-hydrogen) atoms. The molecule has 3 aliphatic rings. The van der Waals surface area contributed by atoms with E-state index in [-0.39, 0.29) is 11.8 Å². The van der Waals surface area contributed by atoms with Crippen LogP contribution in [0.1, 0.15) is 29.3 Å². The van der Waals surface area contributed by atoms with E-state index in [4.69, 9.17) is 0 Å². The zero-order chi connectivity index (χ0) is 25.6. The van der Waals surface area contributed by atoms with Gasteiger partial charge in [-0.15, -0.1) is 0 Å². The Morgan fingerprint density at radius 1 is 1.11 bits per heavy atom. The van der Waals surface area contributed by atoms with Crippen LogP contribution >= 0.6 is 0 Å². The largest absolute Gasteiger partial charge is 0.356 e. The van der Waals surface area contributed by atoms with Crippen molar-refractivity contribution in [3.8, 4) is 0 Å². The van der Waals surface area contributed by atoms with Crippen molar-refractivity contribution in [1.82, 2.24) is 9.47 Å². The van der Waals surface area contributed by atoms with Crippen molar-refractivity contribution in [1.29, 1.82) is 0 Å². The van der Waals surface area contributed by atoms with E-state index < -0.39 is 5.41 Å². The first-order valence-electron chi connectivity index (χ1n) is 12.6. The van der Waals surface area contributed by atoms with Crippen molar-refractivity contribution >= 4 is 29.4 Å². The SMILES string of the molecule is C=C(/C=C(\N=CC)C(=O)N1CCn2cccc2C1)Nc1ccc2c(c1)CC1(C2)C(=O)Nc2ccccc21. The normalized spacial score (nSPS) is 20.1. The van der Waals surface area contributed by atoms with Gasteiger partial charge in [0.1, 0.15) is 5.70 Å².